The van der Waals surface area contributed by atoms with Crippen molar-refractivity contribution in [1.82, 2.24) is 10.3 Å². The molecule has 7 heteroatoms. The number of thiazole rings is 1. The molecule has 1 rings (SSSR count). The van der Waals surface area contributed by atoms with Gasteiger partial charge in [-0.1, -0.05) is 0 Å². The predicted molar refractivity (Wildman–Crippen MR) is 55.5 cm³/mol. The molecule has 15 heavy (non-hydrogen) atoms. The van der Waals surface area contributed by atoms with Crippen molar-refractivity contribution in [1.29, 1.82) is 0 Å². The second-order valence-electron chi connectivity index (χ2n) is 2.79. The van der Waals surface area contributed by atoms with Gasteiger partial charge in [-0.3, -0.25) is 4.79 Å². The van der Waals surface area contributed by atoms with Gasteiger partial charge in [0, 0.05) is 5.38 Å². The standard InChI is InChI=1S/C8H11N3O3S/c1-4(7(13)14-2)10-6(12)5-3-15-8(9)11-5/h3-4H,1-2H3,(H2,9,11)(H,10,12)/t4-/m0/s1. The van der Waals surface area contributed by atoms with Crippen LogP contribution in [-0.2, 0) is 9.53 Å². The Labute approximate surface area is 90.4 Å². The molecular formula is C8H11N3O3S. The maximum absolute atomic E-state index is 11.5. The molecule has 82 valence electrons. The molecule has 1 atom stereocenters. The van der Waals surface area contributed by atoms with Crippen LogP contribution in [0.3, 0.4) is 0 Å². The van der Waals surface area contributed by atoms with Crippen LogP contribution in [0.15, 0.2) is 5.38 Å². The molecule has 0 aromatic carbocycles. The van der Waals surface area contributed by atoms with E-state index in [9.17, 15) is 9.59 Å². The first-order chi connectivity index (χ1) is 7.04. The zero-order valence-corrected chi connectivity index (χ0v) is 9.13. The van der Waals surface area contributed by atoms with E-state index >= 15 is 0 Å². The van der Waals surface area contributed by atoms with Crippen LogP contribution in [0.4, 0.5) is 5.13 Å². The number of anilines is 1. The third-order valence-corrected chi connectivity index (χ3v) is 2.33. The van der Waals surface area contributed by atoms with E-state index in [1.165, 1.54) is 19.4 Å². The summed E-state index contributed by atoms with van der Waals surface area (Å²) >= 11 is 1.16. The lowest BCUT2D eigenvalue weighted by Gasteiger charge is -2.09. The molecule has 1 aromatic rings. The monoisotopic (exact) mass is 229 g/mol. The number of hydrogen-bond acceptors (Lipinski definition) is 6. The van der Waals surface area contributed by atoms with Gasteiger partial charge in [-0.05, 0) is 6.92 Å². The Balaban J connectivity index is 2.60. The highest BCUT2D eigenvalue weighted by Crippen LogP contribution is 2.10. The average molecular weight is 229 g/mol. The molecule has 0 saturated heterocycles. The molecule has 0 saturated carbocycles. The third-order valence-electron chi connectivity index (χ3n) is 1.66. The molecule has 0 unspecified atom stereocenters. The van der Waals surface area contributed by atoms with Gasteiger partial charge in [0.25, 0.3) is 5.91 Å². The summed E-state index contributed by atoms with van der Waals surface area (Å²) in [6.45, 7) is 1.53. The molecule has 0 aliphatic heterocycles. The largest absolute Gasteiger partial charge is 0.467 e. The number of aromatic nitrogens is 1. The zero-order valence-electron chi connectivity index (χ0n) is 8.31. The number of carbonyl (C=O) groups is 2. The number of nitrogens with zero attached hydrogens (tertiary/aromatic N) is 1. The SMILES string of the molecule is COC(=O)[C@H](C)NC(=O)c1csc(N)n1. The predicted octanol–water partition coefficient (Wildman–Crippen LogP) is 0.0166. The van der Waals surface area contributed by atoms with Gasteiger partial charge in [-0.2, -0.15) is 0 Å². The zero-order chi connectivity index (χ0) is 11.4. The van der Waals surface area contributed by atoms with Crippen LogP contribution in [-0.4, -0.2) is 30.0 Å². The van der Waals surface area contributed by atoms with Crippen LogP contribution in [0.2, 0.25) is 0 Å². The number of nitrogens with one attached hydrogen (secondary N) is 1. The summed E-state index contributed by atoms with van der Waals surface area (Å²) < 4.78 is 4.46. The minimum absolute atomic E-state index is 0.202. The van der Waals surface area contributed by atoms with Crippen molar-refractivity contribution in [2.45, 2.75) is 13.0 Å². The van der Waals surface area contributed by atoms with Gasteiger partial charge in [-0.25, -0.2) is 9.78 Å². The molecule has 3 N–H and O–H groups in total. The number of carbonyl (C=O) groups excluding carboxylic acids is 2. The lowest BCUT2D eigenvalue weighted by molar-refractivity contribution is -0.142. The van der Waals surface area contributed by atoms with Crippen LogP contribution in [0, 0.1) is 0 Å². The van der Waals surface area contributed by atoms with Crippen molar-refractivity contribution >= 4 is 28.3 Å². The highest BCUT2D eigenvalue weighted by Gasteiger charge is 2.18. The Morgan fingerprint density at radius 1 is 1.67 bits per heavy atom. The second-order valence-corrected chi connectivity index (χ2v) is 3.68. The number of nitrogens with two attached hydrogens (primary N) is 1. The minimum Gasteiger partial charge on any atom is -0.467 e. The van der Waals surface area contributed by atoms with Crippen molar-refractivity contribution in [3.63, 3.8) is 0 Å². The molecule has 0 spiro atoms. The van der Waals surface area contributed by atoms with E-state index in [0.717, 1.165) is 11.3 Å². The fourth-order valence-electron chi connectivity index (χ4n) is 0.898. The molecule has 0 aliphatic carbocycles. The Bertz CT molecular complexity index is 377. The normalized spacial score (nSPS) is 11.9. The van der Waals surface area contributed by atoms with Gasteiger partial charge in [0.1, 0.15) is 11.7 Å². The summed E-state index contributed by atoms with van der Waals surface area (Å²) in [5.74, 6) is -0.951. The first-order valence-electron chi connectivity index (χ1n) is 4.14. The quantitative estimate of drug-likeness (QED) is 0.712. The van der Waals surface area contributed by atoms with Crippen LogP contribution < -0.4 is 11.1 Å². The average Bonchev–Trinajstić information content (AvgIpc) is 2.63. The fourth-order valence-corrected chi connectivity index (χ4v) is 1.44. The Kier molecular flexibility index (Phi) is 3.62. The van der Waals surface area contributed by atoms with Gasteiger partial charge in [0.05, 0.1) is 7.11 Å². The van der Waals surface area contributed by atoms with Gasteiger partial charge in [0.2, 0.25) is 0 Å². The Morgan fingerprint density at radius 3 is 2.80 bits per heavy atom. The number of amides is 1. The van der Waals surface area contributed by atoms with Gasteiger partial charge in [0.15, 0.2) is 5.13 Å². The van der Waals surface area contributed by atoms with Crippen LogP contribution in [0.5, 0.6) is 0 Å². The smallest absolute Gasteiger partial charge is 0.328 e. The van der Waals surface area contributed by atoms with E-state index in [1.807, 2.05) is 0 Å². The molecule has 0 aliphatic rings. The lowest BCUT2D eigenvalue weighted by Crippen LogP contribution is -2.39. The van der Waals surface area contributed by atoms with E-state index < -0.39 is 17.9 Å². The van der Waals surface area contributed by atoms with Crippen LogP contribution in [0.1, 0.15) is 17.4 Å². The van der Waals surface area contributed by atoms with E-state index in [0.29, 0.717) is 5.13 Å². The van der Waals surface area contributed by atoms with E-state index in [2.05, 4.69) is 15.0 Å². The molecule has 6 nitrogen and oxygen atoms in total. The van der Waals surface area contributed by atoms with E-state index in [4.69, 9.17) is 5.73 Å². The molecule has 0 fully saturated rings. The Hall–Kier alpha value is -1.63. The maximum atomic E-state index is 11.5. The molecule has 0 radical (unpaired) electrons. The summed E-state index contributed by atoms with van der Waals surface area (Å²) in [5, 5.41) is 4.27. The number of esters is 1. The number of methoxy groups -OCH3 is 1. The van der Waals surface area contributed by atoms with Crippen molar-refractivity contribution in [3.05, 3.63) is 11.1 Å². The number of ether oxygens (including phenoxy) is 1. The molecule has 0 bridgehead atoms. The summed E-state index contributed by atoms with van der Waals surface area (Å²) in [4.78, 5) is 26.2. The highest BCUT2D eigenvalue weighted by molar-refractivity contribution is 7.13. The first kappa shape index (κ1) is 11.4. The summed E-state index contributed by atoms with van der Waals surface area (Å²) in [6.07, 6.45) is 0. The van der Waals surface area contributed by atoms with E-state index in [1.54, 1.807) is 0 Å². The van der Waals surface area contributed by atoms with Crippen molar-refractivity contribution < 1.29 is 14.3 Å². The maximum Gasteiger partial charge on any atom is 0.328 e. The second kappa shape index (κ2) is 4.74. The Morgan fingerprint density at radius 2 is 2.33 bits per heavy atom. The summed E-state index contributed by atoms with van der Waals surface area (Å²) in [5.41, 5.74) is 5.57. The fraction of sp³-hybridized carbons (Fsp3) is 0.375. The number of nitrogen functional groups attached to an aromatic ring is 1. The van der Waals surface area contributed by atoms with Gasteiger partial charge >= 0.3 is 5.97 Å². The number of rotatable bonds is 3. The lowest BCUT2D eigenvalue weighted by atomic mass is 10.3. The minimum atomic E-state index is -0.703. The van der Waals surface area contributed by atoms with Gasteiger partial charge in [-0.15, -0.1) is 11.3 Å². The van der Waals surface area contributed by atoms with Gasteiger partial charge < -0.3 is 15.8 Å². The van der Waals surface area contributed by atoms with Crippen molar-refractivity contribution in [2.75, 3.05) is 12.8 Å². The van der Waals surface area contributed by atoms with Crippen molar-refractivity contribution in [3.8, 4) is 0 Å². The molecule has 1 heterocycles. The van der Waals surface area contributed by atoms with Crippen LogP contribution in [0.25, 0.3) is 0 Å². The highest BCUT2D eigenvalue weighted by atomic mass is 32.1. The molecule has 1 aromatic heterocycles. The summed E-state index contributed by atoms with van der Waals surface area (Å²) in [7, 11) is 1.26. The van der Waals surface area contributed by atoms with Crippen LogP contribution >= 0.6 is 11.3 Å². The molecular weight excluding hydrogens is 218 g/mol. The topological polar surface area (TPSA) is 94.3 Å². The van der Waals surface area contributed by atoms with Crippen molar-refractivity contribution in [2.24, 2.45) is 0 Å². The number of hydrogen-bond donors (Lipinski definition) is 2. The summed E-state index contributed by atoms with van der Waals surface area (Å²) in [6, 6.07) is -0.703. The first-order valence-corrected chi connectivity index (χ1v) is 5.02. The molecule has 1 amide bonds. The van der Waals surface area contributed by atoms with E-state index in [-0.39, 0.29) is 5.69 Å². The third kappa shape index (κ3) is 2.91.